The fraction of sp³-hybridized carbons (Fsp3) is 0.444. The third-order valence-corrected chi connectivity index (χ3v) is 7.10. The minimum atomic E-state index is -0.198. The highest BCUT2D eigenvalue weighted by molar-refractivity contribution is 6.31. The van der Waals surface area contributed by atoms with Crippen LogP contribution in [0.4, 0.5) is 4.39 Å². The second-order valence-electron chi connectivity index (χ2n) is 9.38. The van der Waals surface area contributed by atoms with E-state index in [1.54, 1.807) is 12.1 Å². The van der Waals surface area contributed by atoms with Crippen molar-refractivity contribution in [2.45, 2.75) is 44.2 Å². The number of benzene rings is 2. The summed E-state index contributed by atoms with van der Waals surface area (Å²) in [4.78, 5) is 2.34. The maximum absolute atomic E-state index is 13.5. The first-order valence-corrected chi connectivity index (χ1v) is 11.9. The molecule has 0 unspecified atom stereocenters. The lowest BCUT2D eigenvalue weighted by Crippen LogP contribution is -2.43. The lowest BCUT2D eigenvalue weighted by atomic mass is 9.73. The number of nitrogens with zero attached hydrogens (tertiary/aromatic N) is 3. The Morgan fingerprint density at radius 3 is 2.52 bits per heavy atom. The maximum atomic E-state index is 13.5. The Hall–Kier alpha value is -2.39. The number of rotatable bonds is 7. The van der Waals surface area contributed by atoms with E-state index in [9.17, 15) is 4.39 Å². The molecule has 33 heavy (non-hydrogen) atoms. The Balaban J connectivity index is 0.00000126. The first-order chi connectivity index (χ1) is 16.0. The molecule has 2 aliphatic rings. The van der Waals surface area contributed by atoms with Gasteiger partial charge in [0.2, 0.25) is 0 Å². The third-order valence-electron chi connectivity index (χ3n) is 6.88. The molecule has 1 aromatic heterocycles. The largest absolute Gasteiger partial charge is 0.376 e. The van der Waals surface area contributed by atoms with Crippen molar-refractivity contribution in [2.24, 2.45) is 5.92 Å². The molecular formula is C27H31ClFN3O. The summed E-state index contributed by atoms with van der Waals surface area (Å²) in [6.45, 7) is 4.06. The molecule has 1 aliphatic heterocycles. The van der Waals surface area contributed by atoms with Crippen LogP contribution in [0.3, 0.4) is 0 Å². The number of hydrogen-bond acceptors (Lipinski definition) is 3. The van der Waals surface area contributed by atoms with Crippen LogP contribution in [0, 0.1) is 24.6 Å². The number of piperidine rings is 1. The van der Waals surface area contributed by atoms with Gasteiger partial charge in [0.1, 0.15) is 5.82 Å². The molecule has 0 bridgehead atoms. The Labute approximate surface area is 200 Å². The summed E-state index contributed by atoms with van der Waals surface area (Å²) in [5.74, 6) is 0.570. The van der Waals surface area contributed by atoms with Gasteiger partial charge in [0.05, 0.1) is 18.7 Å². The van der Waals surface area contributed by atoms with Gasteiger partial charge >= 0.3 is 0 Å². The average molecular weight is 468 g/mol. The van der Waals surface area contributed by atoms with Crippen molar-refractivity contribution in [3.8, 4) is 12.8 Å². The molecule has 4 nitrogen and oxygen atoms in total. The standard InChI is InChI=1S/C25H29ClFN3O.C2H2/c1-29-10-8-25(9-11-29,21-4-6-23(27)7-5-21)17-31-16-20-13-22(26)12-19-15-30(28-24(19)20)14-18-2-3-18;1-2/h4-7,12-13,15,18H,2-3,8-11,14,16-17H2,1H3;1-2H. The van der Waals surface area contributed by atoms with Crippen LogP contribution in [-0.4, -0.2) is 41.4 Å². The maximum Gasteiger partial charge on any atom is 0.123 e. The van der Waals surface area contributed by atoms with Crippen molar-refractivity contribution in [3.05, 3.63) is 64.6 Å². The van der Waals surface area contributed by atoms with Crippen molar-refractivity contribution in [1.29, 1.82) is 0 Å². The molecule has 0 N–H and O–H groups in total. The molecule has 0 atom stereocenters. The van der Waals surface area contributed by atoms with Crippen molar-refractivity contribution in [1.82, 2.24) is 14.7 Å². The monoisotopic (exact) mass is 467 g/mol. The van der Waals surface area contributed by atoms with Gasteiger partial charge in [-0.15, -0.1) is 12.8 Å². The highest BCUT2D eigenvalue weighted by atomic mass is 35.5. The van der Waals surface area contributed by atoms with E-state index >= 15 is 0 Å². The van der Waals surface area contributed by atoms with Gasteiger partial charge in [0, 0.05) is 34.1 Å². The van der Waals surface area contributed by atoms with E-state index in [4.69, 9.17) is 21.4 Å². The predicted molar refractivity (Wildman–Crippen MR) is 132 cm³/mol. The van der Waals surface area contributed by atoms with E-state index in [-0.39, 0.29) is 11.2 Å². The van der Waals surface area contributed by atoms with Gasteiger partial charge in [0.25, 0.3) is 0 Å². The summed E-state index contributed by atoms with van der Waals surface area (Å²) < 4.78 is 21.9. The lowest BCUT2D eigenvalue weighted by molar-refractivity contribution is 0.0411. The van der Waals surface area contributed by atoms with Gasteiger partial charge in [-0.3, -0.25) is 4.68 Å². The molecular weight excluding hydrogens is 437 g/mol. The normalized spacial score (nSPS) is 18.1. The van der Waals surface area contributed by atoms with Gasteiger partial charge in [-0.25, -0.2) is 4.39 Å². The van der Waals surface area contributed by atoms with Crippen molar-refractivity contribution >= 4 is 22.5 Å². The molecule has 0 radical (unpaired) electrons. The van der Waals surface area contributed by atoms with Gasteiger partial charge in [-0.05, 0) is 81.6 Å². The first kappa shape index (κ1) is 23.8. The first-order valence-electron chi connectivity index (χ1n) is 11.5. The van der Waals surface area contributed by atoms with Gasteiger partial charge in [0.15, 0.2) is 0 Å². The topological polar surface area (TPSA) is 30.3 Å². The van der Waals surface area contributed by atoms with E-state index < -0.39 is 0 Å². The summed E-state index contributed by atoms with van der Waals surface area (Å²) in [5, 5.41) is 6.61. The second-order valence-corrected chi connectivity index (χ2v) is 9.82. The molecule has 174 valence electrons. The molecule has 2 fully saturated rings. The van der Waals surface area contributed by atoms with Gasteiger partial charge in [-0.2, -0.15) is 5.10 Å². The number of likely N-dealkylation sites (tertiary alicyclic amines) is 1. The Morgan fingerprint density at radius 2 is 1.85 bits per heavy atom. The van der Waals surface area contributed by atoms with E-state index in [2.05, 4.69) is 35.7 Å². The summed E-state index contributed by atoms with van der Waals surface area (Å²) in [5.41, 5.74) is 3.07. The quantitative estimate of drug-likeness (QED) is 0.419. The third kappa shape index (κ3) is 5.58. The van der Waals surface area contributed by atoms with Crippen LogP contribution in [-0.2, 0) is 23.3 Å². The Morgan fingerprint density at radius 1 is 1.15 bits per heavy atom. The molecule has 1 saturated heterocycles. The van der Waals surface area contributed by atoms with Crippen LogP contribution in [0.5, 0.6) is 0 Å². The highest BCUT2D eigenvalue weighted by Crippen LogP contribution is 2.36. The zero-order valence-electron chi connectivity index (χ0n) is 19.1. The van der Waals surface area contributed by atoms with Gasteiger partial charge in [-0.1, -0.05) is 23.7 Å². The summed E-state index contributed by atoms with van der Waals surface area (Å²) in [6.07, 6.45) is 14.7. The summed E-state index contributed by atoms with van der Waals surface area (Å²) in [6, 6.07) is 10.9. The van der Waals surface area contributed by atoms with Crippen molar-refractivity contribution in [2.75, 3.05) is 26.7 Å². The highest BCUT2D eigenvalue weighted by Gasteiger charge is 2.36. The fourth-order valence-corrected chi connectivity index (χ4v) is 4.96. The number of terminal acetylenes is 1. The van der Waals surface area contributed by atoms with E-state index in [1.165, 1.54) is 12.8 Å². The molecule has 1 aliphatic carbocycles. The Bertz CT molecular complexity index is 1100. The minimum absolute atomic E-state index is 0.0940. The number of hydrogen-bond donors (Lipinski definition) is 0. The molecule has 6 heteroatoms. The second kappa shape index (κ2) is 10.3. The summed E-state index contributed by atoms with van der Waals surface area (Å²) >= 11 is 6.40. The zero-order valence-corrected chi connectivity index (χ0v) is 19.9. The van der Waals surface area contributed by atoms with Crippen molar-refractivity contribution < 1.29 is 9.13 Å². The molecule has 0 amide bonds. The number of halogens is 2. The van der Waals surface area contributed by atoms with Crippen LogP contribution in [0.15, 0.2) is 42.6 Å². The van der Waals surface area contributed by atoms with E-state index in [0.29, 0.717) is 18.2 Å². The molecule has 0 spiro atoms. The number of fused-ring (bicyclic) bond motifs is 1. The van der Waals surface area contributed by atoms with Crippen LogP contribution in [0.1, 0.15) is 36.8 Å². The fourth-order valence-electron chi connectivity index (χ4n) is 4.71. The zero-order chi connectivity index (χ0) is 23.4. The van der Waals surface area contributed by atoms with Crippen LogP contribution < -0.4 is 0 Å². The van der Waals surface area contributed by atoms with Crippen LogP contribution in [0.2, 0.25) is 5.02 Å². The lowest BCUT2D eigenvalue weighted by Gasteiger charge is -2.41. The minimum Gasteiger partial charge on any atom is -0.376 e. The predicted octanol–water partition coefficient (Wildman–Crippen LogP) is 5.67. The number of ether oxygens (including phenoxy) is 1. The van der Waals surface area contributed by atoms with Crippen molar-refractivity contribution in [3.63, 3.8) is 0 Å². The smallest absolute Gasteiger partial charge is 0.123 e. The molecule has 5 rings (SSSR count). The molecule has 1 saturated carbocycles. The van der Waals surface area contributed by atoms with E-state index in [0.717, 1.165) is 60.4 Å². The molecule has 2 aromatic carbocycles. The van der Waals surface area contributed by atoms with Crippen LogP contribution >= 0.6 is 11.6 Å². The Kier molecular flexibility index (Phi) is 7.38. The van der Waals surface area contributed by atoms with E-state index in [1.807, 2.05) is 24.3 Å². The average Bonchev–Trinajstić information content (AvgIpc) is 3.54. The molecule has 3 aromatic rings. The number of aromatic nitrogens is 2. The van der Waals surface area contributed by atoms with Crippen LogP contribution in [0.25, 0.3) is 10.9 Å². The van der Waals surface area contributed by atoms with Gasteiger partial charge < -0.3 is 9.64 Å². The summed E-state index contributed by atoms with van der Waals surface area (Å²) in [7, 11) is 2.15. The molecule has 2 heterocycles. The SMILES string of the molecule is C#C.CN1CCC(COCc2cc(Cl)cc3cn(CC4CC4)nc23)(c2ccc(F)cc2)CC1.